The van der Waals surface area contributed by atoms with Gasteiger partial charge in [0, 0.05) is 19.0 Å². The van der Waals surface area contributed by atoms with Crippen molar-refractivity contribution in [1.29, 1.82) is 0 Å². The van der Waals surface area contributed by atoms with Crippen LogP contribution in [0.3, 0.4) is 0 Å². The number of carbonyl (C=O) groups is 1. The van der Waals surface area contributed by atoms with E-state index in [0.29, 0.717) is 25.6 Å². The minimum Gasteiger partial charge on any atom is -0.381 e. The molecule has 0 radical (unpaired) electrons. The molecule has 0 saturated carbocycles. The highest BCUT2D eigenvalue weighted by molar-refractivity contribution is 6.18. The first-order chi connectivity index (χ1) is 6.34. The summed E-state index contributed by atoms with van der Waals surface area (Å²) in [5, 5.41) is 2.80. The average molecular weight is 204 g/mol. The molecule has 1 fully saturated rings. The van der Waals surface area contributed by atoms with E-state index >= 15 is 0 Å². The Morgan fingerprint density at radius 3 is 3.08 bits per heavy atom. The van der Waals surface area contributed by atoms with Crippen molar-refractivity contribution in [3.8, 4) is 0 Å². The van der Waals surface area contributed by atoms with Crippen molar-refractivity contribution < 1.29 is 9.53 Å². The van der Waals surface area contributed by atoms with Crippen LogP contribution in [0.1, 0.15) is 6.42 Å². The summed E-state index contributed by atoms with van der Waals surface area (Å²) < 4.78 is 5.11. The average Bonchev–Trinajstić information content (AvgIpc) is 2.65. The van der Waals surface area contributed by atoms with Crippen LogP contribution in [0, 0.1) is 5.92 Å². The number of alkyl halides is 1. The summed E-state index contributed by atoms with van der Waals surface area (Å²) in [4.78, 5) is 11.4. The standard InChI is InChI=1S/C9H14ClNO2/c10-4-1-2-5-11-9(12)8-3-6-13-7-8/h1-2,8H,3-7H2,(H,11,12)/b2-1+. The molecular weight excluding hydrogens is 190 g/mol. The van der Waals surface area contributed by atoms with Crippen LogP contribution in [0.25, 0.3) is 0 Å². The fraction of sp³-hybridized carbons (Fsp3) is 0.667. The molecule has 1 unspecified atom stereocenters. The molecule has 0 aromatic rings. The van der Waals surface area contributed by atoms with Gasteiger partial charge in [0.25, 0.3) is 0 Å². The maximum atomic E-state index is 11.4. The Balaban J connectivity index is 2.13. The third-order valence-electron chi connectivity index (χ3n) is 1.95. The highest BCUT2D eigenvalue weighted by atomic mass is 35.5. The van der Waals surface area contributed by atoms with Crippen molar-refractivity contribution in [2.75, 3.05) is 25.6 Å². The summed E-state index contributed by atoms with van der Waals surface area (Å²) in [7, 11) is 0. The SMILES string of the molecule is O=C(NC/C=C/CCl)C1CCOC1. The van der Waals surface area contributed by atoms with E-state index in [-0.39, 0.29) is 11.8 Å². The summed E-state index contributed by atoms with van der Waals surface area (Å²) in [5.41, 5.74) is 0. The fourth-order valence-electron chi connectivity index (χ4n) is 1.19. The van der Waals surface area contributed by atoms with Crippen molar-refractivity contribution >= 4 is 17.5 Å². The monoisotopic (exact) mass is 203 g/mol. The lowest BCUT2D eigenvalue weighted by Gasteiger charge is -2.06. The van der Waals surface area contributed by atoms with Gasteiger partial charge < -0.3 is 10.1 Å². The van der Waals surface area contributed by atoms with Crippen LogP contribution < -0.4 is 5.32 Å². The summed E-state index contributed by atoms with van der Waals surface area (Å²) in [6.07, 6.45) is 4.50. The number of nitrogens with one attached hydrogen (secondary N) is 1. The van der Waals surface area contributed by atoms with Gasteiger partial charge in [-0.25, -0.2) is 0 Å². The van der Waals surface area contributed by atoms with Gasteiger partial charge >= 0.3 is 0 Å². The summed E-state index contributed by atoms with van der Waals surface area (Å²) in [6, 6.07) is 0. The van der Waals surface area contributed by atoms with Gasteiger partial charge in [-0.05, 0) is 6.42 Å². The van der Waals surface area contributed by atoms with Gasteiger partial charge in [0.1, 0.15) is 0 Å². The second-order valence-electron chi connectivity index (χ2n) is 2.93. The first-order valence-corrected chi connectivity index (χ1v) is 4.94. The molecule has 74 valence electrons. The maximum Gasteiger partial charge on any atom is 0.225 e. The third kappa shape index (κ3) is 3.79. The Bertz CT molecular complexity index is 188. The zero-order valence-electron chi connectivity index (χ0n) is 7.46. The summed E-state index contributed by atoms with van der Waals surface area (Å²) >= 11 is 5.42. The smallest absolute Gasteiger partial charge is 0.225 e. The molecule has 1 aliphatic rings. The zero-order chi connectivity index (χ0) is 9.52. The van der Waals surface area contributed by atoms with E-state index in [1.165, 1.54) is 0 Å². The molecule has 0 aromatic carbocycles. The lowest BCUT2D eigenvalue weighted by atomic mass is 10.1. The molecule has 1 heterocycles. The normalized spacial score (nSPS) is 22.4. The molecule has 0 spiro atoms. The van der Waals surface area contributed by atoms with Crippen LogP contribution in [-0.4, -0.2) is 31.5 Å². The number of hydrogen-bond acceptors (Lipinski definition) is 2. The van der Waals surface area contributed by atoms with E-state index in [2.05, 4.69) is 5.32 Å². The van der Waals surface area contributed by atoms with Crippen molar-refractivity contribution in [1.82, 2.24) is 5.32 Å². The largest absolute Gasteiger partial charge is 0.381 e. The Kier molecular flexibility index (Phi) is 4.86. The molecule has 0 aliphatic carbocycles. The van der Waals surface area contributed by atoms with Gasteiger partial charge in [0.2, 0.25) is 5.91 Å². The summed E-state index contributed by atoms with van der Waals surface area (Å²) in [5.74, 6) is 0.615. The third-order valence-corrected chi connectivity index (χ3v) is 2.13. The van der Waals surface area contributed by atoms with E-state index in [1.54, 1.807) is 0 Å². The molecule has 1 N–H and O–H groups in total. The van der Waals surface area contributed by atoms with Gasteiger partial charge in [0.05, 0.1) is 12.5 Å². The maximum absolute atomic E-state index is 11.4. The molecule has 1 aliphatic heterocycles. The second-order valence-corrected chi connectivity index (χ2v) is 3.24. The predicted molar refractivity (Wildman–Crippen MR) is 51.8 cm³/mol. The minimum absolute atomic E-state index is 0.0457. The highest BCUT2D eigenvalue weighted by Crippen LogP contribution is 2.11. The molecule has 0 bridgehead atoms. The number of hydrogen-bond donors (Lipinski definition) is 1. The van der Waals surface area contributed by atoms with E-state index < -0.39 is 0 Å². The molecule has 4 heteroatoms. The lowest BCUT2D eigenvalue weighted by Crippen LogP contribution is -2.30. The van der Waals surface area contributed by atoms with E-state index in [1.807, 2.05) is 12.2 Å². The first-order valence-electron chi connectivity index (χ1n) is 4.41. The van der Waals surface area contributed by atoms with Gasteiger partial charge in [0.15, 0.2) is 0 Å². The van der Waals surface area contributed by atoms with Gasteiger partial charge in [-0.2, -0.15) is 0 Å². The fourth-order valence-corrected chi connectivity index (χ4v) is 1.32. The number of ether oxygens (including phenoxy) is 1. The molecule has 3 nitrogen and oxygen atoms in total. The quantitative estimate of drug-likeness (QED) is 0.546. The Morgan fingerprint density at radius 1 is 1.62 bits per heavy atom. The van der Waals surface area contributed by atoms with Crippen molar-refractivity contribution in [2.45, 2.75) is 6.42 Å². The van der Waals surface area contributed by atoms with Crippen LogP contribution in [0.4, 0.5) is 0 Å². The van der Waals surface area contributed by atoms with Crippen LogP contribution >= 0.6 is 11.6 Å². The van der Waals surface area contributed by atoms with Crippen LogP contribution in [-0.2, 0) is 9.53 Å². The molecule has 1 rings (SSSR count). The lowest BCUT2D eigenvalue weighted by molar-refractivity contribution is -0.124. The van der Waals surface area contributed by atoms with Crippen LogP contribution in [0.5, 0.6) is 0 Å². The first kappa shape index (κ1) is 10.5. The Labute approximate surface area is 83.1 Å². The topological polar surface area (TPSA) is 38.3 Å². The molecule has 1 atom stereocenters. The number of allylic oxidation sites excluding steroid dienone is 1. The molecule has 1 saturated heterocycles. The van der Waals surface area contributed by atoms with Crippen molar-refractivity contribution in [2.24, 2.45) is 5.92 Å². The van der Waals surface area contributed by atoms with Crippen molar-refractivity contribution in [3.63, 3.8) is 0 Å². The minimum atomic E-state index is 0.0457. The van der Waals surface area contributed by atoms with Gasteiger partial charge in [-0.15, -0.1) is 11.6 Å². The zero-order valence-corrected chi connectivity index (χ0v) is 8.22. The highest BCUT2D eigenvalue weighted by Gasteiger charge is 2.22. The Hall–Kier alpha value is -0.540. The summed E-state index contributed by atoms with van der Waals surface area (Å²) in [6.45, 7) is 1.82. The van der Waals surface area contributed by atoms with Crippen molar-refractivity contribution in [3.05, 3.63) is 12.2 Å². The molecule has 13 heavy (non-hydrogen) atoms. The van der Waals surface area contributed by atoms with E-state index in [0.717, 1.165) is 6.42 Å². The van der Waals surface area contributed by atoms with Crippen LogP contribution in [0.2, 0.25) is 0 Å². The molecule has 0 aromatic heterocycles. The van der Waals surface area contributed by atoms with Crippen LogP contribution in [0.15, 0.2) is 12.2 Å². The molecule has 1 amide bonds. The number of carbonyl (C=O) groups excluding carboxylic acids is 1. The van der Waals surface area contributed by atoms with Gasteiger partial charge in [-0.3, -0.25) is 4.79 Å². The predicted octanol–water partition coefficient (Wildman–Crippen LogP) is 0.934. The molecular formula is C9H14ClNO2. The second kappa shape index (κ2) is 6.00. The number of amides is 1. The Morgan fingerprint density at radius 2 is 2.46 bits per heavy atom. The van der Waals surface area contributed by atoms with E-state index in [9.17, 15) is 4.79 Å². The number of rotatable bonds is 4. The number of halogens is 1. The van der Waals surface area contributed by atoms with E-state index in [4.69, 9.17) is 16.3 Å². The van der Waals surface area contributed by atoms with Gasteiger partial charge in [-0.1, -0.05) is 12.2 Å².